The Bertz CT molecular complexity index is 864. The molecule has 154 valence electrons. The Labute approximate surface area is 178 Å². The Morgan fingerprint density at radius 3 is 2.55 bits per heavy atom. The molecule has 1 N–H and O–H groups in total. The number of morpholine rings is 1. The SMILES string of the molecule is CCOc1cc(C=Nc2ccc(N3CCOCC3)cc2)c(Br)cc1OCC(=O)O. The van der Waals surface area contributed by atoms with E-state index in [1.165, 1.54) is 0 Å². The maximum absolute atomic E-state index is 10.8. The van der Waals surface area contributed by atoms with Gasteiger partial charge < -0.3 is 24.2 Å². The Morgan fingerprint density at radius 1 is 1.21 bits per heavy atom. The van der Waals surface area contributed by atoms with Crippen LogP contribution in [-0.2, 0) is 9.53 Å². The summed E-state index contributed by atoms with van der Waals surface area (Å²) in [6, 6.07) is 11.5. The standard InChI is InChI=1S/C21H23BrN2O5/c1-2-28-19-11-15(18(22)12-20(19)29-14-21(25)26)13-23-16-3-5-17(6-4-16)24-7-9-27-10-8-24/h3-6,11-13H,2,7-10,14H2,1H3,(H,25,26). The van der Waals surface area contributed by atoms with Gasteiger partial charge in [0.05, 0.1) is 25.5 Å². The largest absolute Gasteiger partial charge is 0.490 e. The van der Waals surface area contributed by atoms with Crippen molar-refractivity contribution in [2.45, 2.75) is 6.92 Å². The molecular weight excluding hydrogens is 440 g/mol. The molecule has 0 aliphatic carbocycles. The zero-order chi connectivity index (χ0) is 20.6. The van der Waals surface area contributed by atoms with Gasteiger partial charge >= 0.3 is 5.97 Å². The van der Waals surface area contributed by atoms with Gasteiger partial charge in [0.25, 0.3) is 0 Å². The maximum Gasteiger partial charge on any atom is 0.341 e. The van der Waals surface area contributed by atoms with Crippen LogP contribution in [0, 0.1) is 0 Å². The number of nitrogens with zero attached hydrogens (tertiary/aromatic N) is 2. The molecule has 0 unspecified atom stereocenters. The molecule has 1 saturated heterocycles. The summed E-state index contributed by atoms with van der Waals surface area (Å²) in [5.41, 5.74) is 2.79. The molecule has 0 atom stereocenters. The summed E-state index contributed by atoms with van der Waals surface area (Å²) in [6.07, 6.45) is 1.73. The van der Waals surface area contributed by atoms with Crippen LogP contribution in [0.5, 0.6) is 11.5 Å². The zero-order valence-electron chi connectivity index (χ0n) is 16.1. The highest BCUT2D eigenvalue weighted by molar-refractivity contribution is 9.10. The minimum atomic E-state index is -1.05. The molecule has 1 aliphatic rings. The minimum Gasteiger partial charge on any atom is -0.490 e. The first-order chi connectivity index (χ1) is 14.1. The molecule has 1 aliphatic heterocycles. The van der Waals surface area contributed by atoms with Crippen LogP contribution in [0.3, 0.4) is 0 Å². The summed E-state index contributed by atoms with van der Waals surface area (Å²) in [5, 5.41) is 8.82. The number of aliphatic carboxylic acids is 1. The van der Waals surface area contributed by atoms with Gasteiger partial charge in [0.15, 0.2) is 18.1 Å². The number of carboxylic acids is 1. The van der Waals surface area contributed by atoms with Crippen molar-refractivity contribution in [1.82, 2.24) is 0 Å². The van der Waals surface area contributed by atoms with Crippen molar-refractivity contribution in [3.8, 4) is 11.5 Å². The lowest BCUT2D eigenvalue weighted by molar-refractivity contribution is -0.139. The molecule has 2 aromatic carbocycles. The highest BCUT2D eigenvalue weighted by Crippen LogP contribution is 2.33. The van der Waals surface area contributed by atoms with Crippen molar-refractivity contribution < 1.29 is 24.1 Å². The summed E-state index contributed by atoms with van der Waals surface area (Å²) >= 11 is 3.48. The van der Waals surface area contributed by atoms with Crippen molar-refractivity contribution in [2.75, 3.05) is 44.4 Å². The van der Waals surface area contributed by atoms with Crippen LogP contribution < -0.4 is 14.4 Å². The van der Waals surface area contributed by atoms with E-state index in [1.807, 2.05) is 19.1 Å². The molecule has 1 heterocycles. The molecule has 0 radical (unpaired) electrons. The topological polar surface area (TPSA) is 80.6 Å². The van der Waals surface area contributed by atoms with Gasteiger partial charge in [-0.25, -0.2) is 4.79 Å². The third kappa shape index (κ3) is 5.95. The number of anilines is 1. The van der Waals surface area contributed by atoms with Crippen LogP contribution in [0.15, 0.2) is 45.9 Å². The van der Waals surface area contributed by atoms with Crippen LogP contribution in [0.1, 0.15) is 12.5 Å². The average molecular weight is 463 g/mol. The Morgan fingerprint density at radius 2 is 1.90 bits per heavy atom. The maximum atomic E-state index is 10.8. The normalized spacial score (nSPS) is 14.2. The van der Waals surface area contributed by atoms with Gasteiger partial charge in [0.2, 0.25) is 0 Å². The number of halogens is 1. The minimum absolute atomic E-state index is 0.369. The second-order valence-corrected chi connectivity index (χ2v) is 7.16. The van der Waals surface area contributed by atoms with Crippen LogP contribution in [0.2, 0.25) is 0 Å². The lowest BCUT2D eigenvalue weighted by Gasteiger charge is -2.28. The monoisotopic (exact) mass is 462 g/mol. The van der Waals surface area contributed by atoms with Crippen LogP contribution in [-0.4, -0.2) is 56.8 Å². The number of aliphatic imine (C=N–C) groups is 1. The number of rotatable bonds is 8. The molecule has 2 aromatic rings. The first-order valence-corrected chi connectivity index (χ1v) is 10.1. The lowest BCUT2D eigenvalue weighted by atomic mass is 10.2. The molecule has 29 heavy (non-hydrogen) atoms. The van der Waals surface area contributed by atoms with E-state index in [0.29, 0.717) is 18.1 Å². The fourth-order valence-corrected chi connectivity index (χ4v) is 3.31. The summed E-state index contributed by atoms with van der Waals surface area (Å²) in [7, 11) is 0. The molecule has 0 bridgehead atoms. The van der Waals surface area contributed by atoms with E-state index < -0.39 is 12.6 Å². The Hall–Kier alpha value is -2.58. The van der Waals surface area contributed by atoms with Gasteiger partial charge in [-0.2, -0.15) is 0 Å². The number of carbonyl (C=O) groups is 1. The number of ether oxygens (including phenoxy) is 3. The van der Waals surface area contributed by atoms with Crippen LogP contribution in [0.4, 0.5) is 11.4 Å². The Balaban J connectivity index is 1.75. The third-order valence-electron chi connectivity index (χ3n) is 4.29. The van der Waals surface area contributed by atoms with Crippen LogP contribution in [0.25, 0.3) is 0 Å². The summed E-state index contributed by atoms with van der Waals surface area (Å²) in [5.74, 6) is -0.205. The predicted molar refractivity (Wildman–Crippen MR) is 115 cm³/mol. The quantitative estimate of drug-likeness (QED) is 0.599. The van der Waals surface area contributed by atoms with Gasteiger partial charge in [-0.05, 0) is 59.3 Å². The zero-order valence-corrected chi connectivity index (χ0v) is 17.7. The van der Waals surface area contributed by atoms with Crippen LogP contribution >= 0.6 is 15.9 Å². The van der Waals surface area contributed by atoms with E-state index in [-0.39, 0.29) is 0 Å². The smallest absolute Gasteiger partial charge is 0.341 e. The van der Waals surface area contributed by atoms with Crippen molar-refractivity contribution >= 4 is 39.5 Å². The van der Waals surface area contributed by atoms with Crippen molar-refractivity contribution in [1.29, 1.82) is 0 Å². The van der Waals surface area contributed by atoms with Gasteiger partial charge in [-0.3, -0.25) is 4.99 Å². The van der Waals surface area contributed by atoms with Gasteiger partial charge in [0.1, 0.15) is 0 Å². The van der Waals surface area contributed by atoms with Crippen molar-refractivity contribution in [3.05, 3.63) is 46.4 Å². The third-order valence-corrected chi connectivity index (χ3v) is 4.98. The molecule has 0 saturated carbocycles. The molecule has 0 amide bonds. The highest BCUT2D eigenvalue weighted by Gasteiger charge is 2.12. The van der Waals surface area contributed by atoms with Gasteiger partial charge in [-0.1, -0.05) is 0 Å². The summed E-state index contributed by atoms with van der Waals surface area (Å²) < 4.78 is 17.0. The second kappa shape index (κ2) is 10.3. The summed E-state index contributed by atoms with van der Waals surface area (Å²) in [4.78, 5) is 17.6. The first kappa shape index (κ1) is 21.1. The average Bonchev–Trinajstić information content (AvgIpc) is 2.74. The summed E-state index contributed by atoms with van der Waals surface area (Å²) in [6.45, 7) is 5.15. The number of benzene rings is 2. The lowest BCUT2D eigenvalue weighted by Crippen LogP contribution is -2.36. The first-order valence-electron chi connectivity index (χ1n) is 9.34. The van der Waals surface area contributed by atoms with E-state index in [0.717, 1.165) is 47.7 Å². The second-order valence-electron chi connectivity index (χ2n) is 6.31. The highest BCUT2D eigenvalue weighted by atomic mass is 79.9. The van der Waals surface area contributed by atoms with Gasteiger partial charge in [-0.15, -0.1) is 0 Å². The molecule has 8 heteroatoms. The molecular formula is C21H23BrN2O5. The van der Waals surface area contributed by atoms with Crippen molar-refractivity contribution in [3.63, 3.8) is 0 Å². The number of hydrogen-bond acceptors (Lipinski definition) is 6. The van der Waals surface area contributed by atoms with E-state index in [1.54, 1.807) is 18.3 Å². The molecule has 3 rings (SSSR count). The Kier molecular flexibility index (Phi) is 7.48. The van der Waals surface area contributed by atoms with E-state index in [4.69, 9.17) is 19.3 Å². The van der Waals surface area contributed by atoms with E-state index in [2.05, 4.69) is 38.0 Å². The predicted octanol–water partition coefficient (Wildman–Crippen LogP) is 3.90. The van der Waals surface area contributed by atoms with Gasteiger partial charge in [0, 0.05) is 35.0 Å². The molecule has 0 aromatic heterocycles. The fraction of sp³-hybridized carbons (Fsp3) is 0.333. The molecule has 1 fully saturated rings. The van der Waals surface area contributed by atoms with E-state index >= 15 is 0 Å². The fourth-order valence-electron chi connectivity index (χ4n) is 2.89. The number of carboxylic acid groups (broad SMARTS) is 1. The molecule has 0 spiro atoms. The number of hydrogen-bond donors (Lipinski definition) is 1. The van der Waals surface area contributed by atoms with E-state index in [9.17, 15) is 4.79 Å². The van der Waals surface area contributed by atoms with Crippen molar-refractivity contribution in [2.24, 2.45) is 4.99 Å². The molecule has 7 nitrogen and oxygen atoms in total.